The number of benzene rings is 3. The lowest BCUT2D eigenvalue weighted by molar-refractivity contribution is 0.0729. The molecule has 0 aliphatic carbocycles. The van der Waals surface area contributed by atoms with Gasteiger partial charge in [-0.15, -0.1) is 0 Å². The lowest BCUT2D eigenvalue weighted by Crippen LogP contribution is -2.31. The van der Waals surface area contributed by atoms with E-state index in [0.717, 1.165) is 11.1 Å². The highest BCUT2D eigenvalue weighted by atomic mass is 35.5. The van der Waals surface area contributed by atoms with Crippen molar-refractivity contribution in [2.75, 3.05) is 42.1 Å². The second-order valence-electron chi connectivity index (χ2n) is 9.57. The van der Waals surface area contributed by atoms with E-state index in [4.69, 9.17) is 39.7 Å². The molecule has 2 heterocycles. The molecule has 0 spiro atoms. The Bertz CT molecular complexity index is 1690. The average Bonchev–Trinajstić information content (AvgIpc) is 3.27. The summed E-state index contributed by atoms with van der Waals surface area (Å²) in [5.41, 5.74) is 2.45. The zero-order valence-corrected chi connectivity index (χ0v) is 24.4. The lowest BCUT2D eigenvalue weighted by atomic mass is 9.97. The minimum absolute atomic E-state index is 0.00437. The molecule has 3 aromatic carbocycles. The number of amides is 1. The quantitative estimate of drug-likeness (QED) is 0.253. The Morgan fingerprint density at radius 1 is 0.829 bits per heavy atom. The average molecular weight is 580 g/mol. The number of hydrogen-bond acceptors (Lipinski definition) is 8. The highest BCUT2D eigenvalue weighted by Crippen LogP contribution is 2.45. The van der Waals surface area contributed by atoms with Gasteiger partial charge in [-0.2, -0.15) is 0 Å². The van der Waals surface area contributed by atoms with Crippen molar-refractivity contribution in [1.82, 2.24) is 4.90 Å². The van der Waals surface area contributed by atoms with E-state index in [-0.39, 0.29) is 23.3 Å². The number of methoxy groups -OCH3 is 5. The summed E-state index contributed by atoms with van der Waals surface area (Å²) in [6.07, 6.45) is 0.472. The number of nitrogens with zero attached hydrogens (tertiary/aromatic N) is 1. The van der Waals surface area contributed by atoms with Gasteiger partial charge in [-0.1, -0.05) is 17.7 Å². The molecule has 4 aromatic rings. The van der Waals surface area contributed by atoms with Crippen LogP contribution in [0.2, 0.25) is 5.02 Å². The number of hydrogen-bond donors (Lipinski definition) is 0. The summed E-state index contributed by atoms with van der Waals surface area (Å²) in [7, 11) is 7.67. The van der Waals surface area contributed by atoms with Gasteiger partial charge in [-0.3, -0.25) is 9.59 Å². The second kappa shape index (κ2) is 11.2. The van der Waals surface area contributed by atoms with E-state index in [2.05, 4.69) is 0 Å². The smallest absolute Gasteiger partial charge is 0.290 e. The van der Waals surface area contributed by atoms with Crippen LogP contribution in [-0.4, -0.2) is 52.9 Å². The minimum Gasteiger partial charge on any atom is -0.493 e. The molecule has 0 saturated carbocycles. The molecule has 1 aromatic heterocycles. The van der Waals surface area contributed by atoms with Crippen LogP contribution in [0.5, 0.6) is 28.7 Å². The van der Waals surface area contributed by atoms with E-state index < -0.39 is 11.9 Å². The van der Waals surface area contributed by atoms with Gasteiger partial charge in [0.15, 0.2) is 28.4 Å². The first-order chi connectivity index (χ1) is 19.8. The van der Waals surface area contributed by atoms with Crippen LogP contribution in [0.3, 0.4) is 0 Å². The van der Waals surface area contributed by atoms with Crippen LogP contribution in [0, 0.1) is 6.92 Å². The van der Waals surface area contributed by atoms with Crippen LogP contribution in [0.4, 0.5) is 0 Å². The Balaban J connectivity index is 1.67. The predicted octanol–water partition coefficient (Wildman–Crippen LogP) is 5.59. The van der Waals surface area contributed by atoms with Gasteiger partial charge in [0.1, 0.15) is 5.58 Å². The first kappa shape index (κ1) is 28.2. The SMILES string of the molecule is COc1ccc(CCN2C(=O)c3oc4cc(C)c(Cl)cc4c(=O)c3C2c2cc(OC)c(OC)c(OC)c2)cc1OC. The zero-order valence-electron chi connectivity index (χ0n) is 23.6. The van der Waals surface area contributed by atoms with E-state index in [9.17, 15) is 9.59 Å². The molecular formula is C31H30ClNO8. The van der Waals surface area contributed by atoms with Crippen molar-refractivity contribution in [2.24, 2.45) is 0 Å². The lowest BCUT2D eigenvalue weighted by Gasteiger charge is -2.26. The summed E-state index contributed by atoms with van der Waals surface area (Å²) in [5.74, 6) is 1.97. The largest absolute Gasteiger partial charge is 0.493 e. The summed E-state index contributed by atoms with van der Waals surface area (Å²) in [6, 6.07) is 11.5. The molecule has 1 unspecified atom stereocenters. The molecule has 1 aliphatic heterocycles. The van der Waals surface area contributed by atoms with Crippen LogP contribution in [0.15, 0.2) is 51.7 Å². The Hall–Kier alpha value is -4.37. The summed E-state index contributed by atoms with van der Waals surface area (Å²) in [5, 5.41) is 0.732. The van der Waals surface area contributed by atoms with Crippen molar-refractivity contribution in [3.8, 4) is 28.7 Å². The summed E-state index contributed by atoms with van der Waals surface area (Å²) in [6.45, 7) is 2.08. The van der Waals surface area contributed by atoms with Gasteiger partial charge in [-0.25, -0.2) is 0 Å². The molecule has 0 bridgehead atoms. The van der Waals surface area contributed by atoms with E-state index in [1.165, 1.54) is 21.3 Å². The van der Waals surface area contributed by atoms with Gasteiger partial charge in [-0.05, 0) is 66.4 Å². The first-order valence-corrected chi connectivity index (χ1v) is 13.2. The van der Waals surface area contributed by atoms with Crippen LogP contribution in [0.25, 0.3) is 11.0 Å². The molecule has 214 valence electrons. The Labute approximate surface area is 242 Å². The minimum atomic E-state index is -0.785. The number of carbonyl (C=O) groups is 1. The van der Waals surface area contributed by atoms with Crippen molar-refractivity contribution in [2.45, 2.75) is 19.4 Å². The summed E-state index contributed by atoms with van der Waals surface area (Å²) >= 11 is 6.37. The Kier molecular flexibility index (Phi) is 7.73. The molecule has 0 radical (unpaired) electrons. The van der Waals surface area contributed by atoms with Gasteiger partial charge < -0.3 is 33.0 Å². The highest BCUT2D eigenvalue weighted by Gasteiger charge is 2.43. The number of halogens is 1. The number of rotatable bonds is 9. The highest BCUT2D eigenvalue weighted by molar-refractivity contribution is 6.32. The third-order valence-corrected chi connectivity index (χ3v) is 7.75. The van der Waals surface area contributed by atoms with Crippen LogP contribution in [0.1, 0.15) is 38.9 Å². The third-order valence-electron chi connectivity index (χ3n) is 7.34. The van der Waals surface area contributed by atoms with Gasteiger partial charge in [0.05, 0.1) is 52.5 Å². The molecule has 9 nitrogen and oxygen atoms in total. The van der Waals surface area contributed by atoms with Gasteiger partial charge in [0.25, 0.3) is 5.91 Å². The maximum absolute atomic E-state index is 14.0. The van der Waals surface area contributed by atoms with Crippen molar-refractivity contribution in [1.29, 1.82) is 0 Å². The fourth-order valence-electron chi connectivity index (χ4n) is 5.26. The summed E-state index contributed by atoms with van der Waals surface area (Å²) < 4.78 is 33.6. The summed E-state index contributed by atoms with van der Waals surface area (Å²) in [4.78, 5) is 29.6. The van der Waals surface area contributed by atoms with Crippen molar-refractivity contribution < 1.29 is 32.9 Å². The van der Waals surface area contributed by atoms with Crippen molar-refractivity contribution in [3.05, 3.63) is 85.7 Å². The van der Waals surface area contributed by atoms with Crippen LogP contribution < -0.4 is 29.1 Å². The predicted molar refractivity (Wildman–Crippen MR) is 154 cm³/mol. The van der Waals surface area contributed by atoms with Crippen molar-refractivity contribution in [3.63, 3.8) is 0 Å². The Morgan fingerprint density at radius 2 is 1.49 bits per heavy atom. The molecule has 0 N–H and O–H groups in total. The van der Waals surface area contributed by atoms with E-state index >= 15 is 0 Å². The molecule has 1 atom stereocenters. The van der Waals surface area contributed by atoms with E-state index in [0.29, 0.717) is 56.7 Å². The molecule has 0 fully saturated rings. The van der Waals surface area contributed by atoms with E-state index in [1.807, 2.05) is 25.1 Å². The number of carbonyl (C=O) groups excluding carboxylic acids is 1. The number of ether oxygens (including phenoxy) is 5. The van der Waals surface area contributed by atoms with Gasteiger partial charge in [0, 0.05) is 11.6 Å². The molecule has 1 aliphatic rings. The van der Waals surface area contributed by atoms with Crippen LogP contribution in [-0.2, 0) is 6.42 Å². The normalized spacial score (nSPS) is 14.3. The monoisotopic (exact) mass is 579 g/mol. The van der Waals surface area contributed by atoms with Gasteiger partial charge >= 0.3 is 0 Å². The molecule has 5 rings (SSSR count). The fourth-order valence-corrected chi connectivity index (χ4v) is 5.43. The number of fused-ring (bicyclic) bond motifs is 2. The molecule has 0 saturated heterocycles. The van der Waals surface area contributed by atoms with E-state index in [1.54, 1.807) is 43.4 Å². The maximum Gasteiger partial charge on any atom is 0.290 e. The maximum atomic E-state index is 14.0. The standard InChI is InChI=1S/C31H30ClNO8/c1-16-11-22-19(15-20(16)32)28(34)26-27(18-13-24(38-4)29(40-6)25(14-18)39-5)33(31(35)30(26)41-22)10-9-17-7-8-21(36-2)23(12-17)37-3/h7-8,11-15,27H,9-10H2,1-6H3. The molecule has 41 heavy (non-hydrogen) atoms. The topological polar surface area (TPSA) is 96.7 Å². The molecular weight excluding hydrogens is 550 g/mol. The fraction of sp³-hybridized carbons (Fsp3) is 0.290. The molecule has 1 amide bonds. The zero-order chi connectivity index (χ0) is 29.4. The first-order valence-electron chi connectivity index (χ1n) is 12.8. The van der Waals surface area contributed by atoms with Gasteiger partial charge in [0.2, 0.25) is 11.5 Å². The van der Waals surface area contributed by atoms with Crippen molar-refractivity contribution >= 4 is 28.5 Å². The number of aryl methyl sites for hydroxylation is 1. The Morgan fingerprint density at radius 3 is 2.10 bits per heavy atom. The third kappa shape index (κ3) is 4.80. The molecule has 10 heteroatoms. The van der Waals surface area contributed by atoms with Crippen LogP contribution >= 0.6 is 11.6 Å². The second-order valence-corrected chi connectivity index (χ2v) is 9.98.